The van der Waals surface area contributed by atoms with Crippen LogP contribution in [0.25, 0.3) is 0 Å². The lowest BCUT2D eigenvalue weighted by molar-refractivity contribution is -0.144. The molecule has 1 aromatic heterocycles. The zero-order valence-electron chi connectivity index (χ0n) is 11.4. The van der Waals surface area contributed by atoms with Crippen LogP contribution in [0.15, 0.2) is 6.20 Å². The van der Waals surface area contributed by atoms with E-state index in [-0.39, 0.29) is 0 Å². The standard InChI is InChI=1S/C12H17F3N4O/c1-18(8-3-4-8)6-5-16-11(20)9-7-17-19(2)10(9)12(13,14)15/h7-8H,3-6H2,1-2H3,(H,16,20). The Hall–Kier alpha value is -1.57. The Morgan fingerprint density at radius 3 is 2.75 bits per heavy atom. The SMILES string of the molecule is CN(CCNC(=O)c1cnn(C)c1C(F)(F)F)C1CC1. The fourth-order valence-electron chi connectivity index (χ4n) is 2.08. The van der Waals surface area contributed by atoms with Crippen molar-refractivity contribution in [1.82, 2.24) is 20.0 Å². The van der Waals surface area contributed by atoms with Gasteiger partial charge in [-0.3, -0.25) is 9.48 Å². The monoisotopic (exact) mass is 290 g/mol. The van der Waals surface area contributed by atoms with Gasteiger partial charge in [0, 0.05) is 26.2 Å². The number of likely N-dealkylation sites (N-methyl/N-ethyl adjacent to an activating group) is 1. The molecule has 1 saturated carbocycles. The summed E-state index contributed by atoms with van der Waals surface area (Å²) < 4.78 is 39.1. The summed E-state index contributed by atoms with van der Waals surface area (Å²) in [6.07, 6.45) is -1.36. The minimum Gasteiger partial charge on any atom is -0.351 e. The lowest BCUT2D eigenvalue weighted by Crippen LogP contribution is -2.34. The van der Waals surface area contributed by atoms with Gasteiger partial charge in [-0.15, -0.1) is 0 Å². The molecule has 1 aliphatic carbocycles. The Kier molecular flexibility index (Phi) is 4.03. The second kappa shape index (κ2) is 5.43. The third-order valence-electron chi connectivity index (χ3n) is 3.37. The number of alkyl halides is 3. The van der Waals surface area contributed by atoms with E-state index in [0.29, 0.717) is 23.8 Å². The Balaban J connectivity index is 1.95. The van der Waals surface area contributed by atoms with Crippen LogP contribution in [0.1, 0.15) is 28.9 Å². The molecule has 0 atom stereocenters. The van der Waals surface area contributed by atoms with Crippen LogP contribution in [-0.2, 0) is 13.2 Å². The van der Waals surface area contributed by atoms with Crippen LogP contribution in [0.4, 0.5) is 13.2 Å². The van der Waals surface area contributed by atoms with E-state index in [9.17, 15) is 18.0 Å². The number of nitrogens with one attached hydrogen (secondary N) is 1. The summed E-state index contributed by atoms with van der Waals surface area (Å²) in [7, 11) is 3.11. The number of halogens is 3. The highest BCUT2D eigenvalue weighted by Crippen LogP contribution is 2.31. The Labute approximate surface area is 114 Å². The Bertz CT molecular complexity index is 493. The summed E-state index contributed by atoms with van der Waals surface area (Å²) in [4.78, 5) is 13.9. The third-order valence-corrected chi connectivity index (χ3v) is 3.37. The normalized spacial score (nSPS) is 15.7. The molecule has 0 spiro atoms. The summed E-state index contributed by atoms with van der Waals surface area (Å²) in [5.74, 6) is -0.741. The second-order valence-electron chi connectivity index (χ2n) is 5.00. The van der Waals surface area contributed by atoms with E-state index in [4.69, 9.17) is 0 Å². The van der Waals surface area contributed by atoms with E-state index < -0.39 is 23.3 Å². The number of carbonyl (C=O) groups excluding carboxylic acids is 1. The summed E-state index contributed by atoms with van der Waals surface area (Å²) in [5, 5.41) is 6.02. The second-order valence-corrected chi connectivity index (χ2v) is 5.00. The van der Waals surface area contributed by atoms with Gasteiger partial charge in [-0.25, -0.2) is 0 Å². The van der Waals surface area contributed by atoms with E-state index in [0.717, 1.165) is 19.0 Å². The number of aromatic nitrogens is 2. The summed E-state index contributed by atoms with van der Waals surface area (Å²) in [5.41, 5.74) is -1.46. The molecule has 1 amide bonds. The minimum absolute atomic E-state index is 0.317. The molecule has 0 saturated heterocycles. The first kappa shape index (κ1) is 14.8. The molecule has 5 nitrogen and oxygen atoms in total. The zero-order chi connectivity index (χ0) is 14.9. The molecule has 0 radical (unpaired) electrons. The maximum atomic E-state index is 12.8. The molecular weight excluding hydrogens is 273 g/mol. The van der Waals surface area contributed by atoms with Gasteiger partial charge in [-0.1, -0.05) is 0 Å². The molecular formula is C12H17F3N4O. The number of carbonyl (C=O) groups is 1. The average molecular weight is 290 g/mol. The smallest absolute Gasteiger partial charge is 0.351 e. The quantitative estimate of drug-likeness (QED) is 0.888. The van der Waals surface area contributed by atoms with Gasteiger partial charge in [0.1, 0.15) is 0 Å². The number of rotatable bonds is 5. The first-order valence-corrected chi connectivity index (χ1v) is 6.38. The predicted octanol–water partition coefficient (Wildman–Crippen LogP) is 1.26. The van der Waals surface area contributed by atoms with Crippen LogP contribution in [-0.4, -0.2) is 46.8 Å². The van der Waals surface area contributed by atoms with Crippen molar-refractivity contribution < 1.29 is 18.0 Å². The van der Waals surface area contributed by atoms with Crippen LogP contribution >= 0.6 is 0 Å². The molecule has 2 rings (SSSR count). The molecule has 0 aliphatic heterocycles. The van der Waals surface area contributed by atoms with Crippen LogP contribution in [0.5, 0.6) is 0 Å². The van der Waals surface area contributed by atoms with E-state index in [1.807, 2.05) is 7.05 Å². The molecule has 112 valence electrons. The molecule has 1 fully saturated rings. The molecule has 1 aliphatic rings. The highest BCUT2D eigenvalue weighted by atomic mass is 19.4. The van der Waals surface area contributed by atoms with Crippen molar-refractivity contribution in [3.8, 4) is 0 Å². The summed E-state index contributed by atoms with van der Waals surface area (Å²) >= 11 is 0. The predicted molar refractivity (Wildman–Crippen MR) is 66.2 cm³/mol. The minimum atomic E-state index is -4.59. The van der Waals surface area contributed by atoms with Crippen molar-refractivity contribution in [1.29, 1.82) is 0 Å². The van der Waals surface area contributed by atoms with Gasteiger partial charge in [0.15, 0.2) is 5.69 Å². The van der Waals surface area contributed by atoms with Crippen molar-refractivity contribution in [3.63, 3.8) is 0 Å². The van der Waals surface area contributed by atoms with Crippen LogP contribution < -0.4 is 5.32 Å². The third kappa shape index (κ3) is 3.30. The van der Waals surface area contributed by atoms with Gasteiger partial charge in [0.2, 0.25) is 0 Å². The van der Waals surface area contributed by atoms with Crippen molar-refractivity contribution >= 4 is 5.91 Å². The molecule has 1 N–H and O–H groups in total. The van der Waals surface area contributed by atoms with E-state index in [2.05, 4.69) is 15.3 Å². The molecule has 8 heteroatoms. The Morgan fingerprint density at radius 1 is 1.55 bits per heavy atom. The first-order valence-electron chi connectivity index (χ1n) is 6.38. The zero-order valence-corrected chi connectivity index (χ0v) is 11.4. The number of hydrogen-bond acceptors (Lipinski definition) is 3. The van der Waals surface area contributed by atoms with Crippen molar-refractivity contribution in [3.05, 3.63) is 17.5 Å². The van der Waals surface area contributed by atoms with Crippen LogP contribution in [0, 0.1) is 0 Å². The molecule has 0 aromatic carbocycles. The highest BCUT2D eigenvalue weighted by molar-refractivity contribution is 5.95. The number of aryl methyl sites for hydroxylation is 1. The van der Waals surface area contributed by atoms with Gasteiger partial charge in [0.05, 0.1) is 11.8 Å². The van der Waals surface area contributed by atoms with E-state index in [1.165, 1.54) is 7.05 Å². The fraction of sp³-hybridized carbons (Fsp3) is 0.667. The van der Waals surface area contributed by atoms with Crippen molar-refractivity contribution in [2.75, 3.05) is 20.1 Å². The van der Waals surface area contributed by atoms with Crippen LogP contribution in [0.2, 0.25) is 0 Å². The number of hydrogen-bond donors (Lipinski definition) is 1. The average Bonchev–Trinajstić information content (AvgIpc) is 3.10. The molecule has 20 heavy (non-hydrogen) atoms. The van der Waals surface area contributed by atoms with Gasteiger partial charge >= 0.3 is 6.18 Å². The molecule has 1 aromatic rings. The molecule has 1 heterocycles. The highest BCUT2D eigenvalue weighted by Gasteiger charge is 2.39. The fourth-order valence-corrected chi connectivity index (χ4v) is 2.08. The van der Waals surface area contributed by atoms with Crippen LogP contribution in [0.3, 0.4) is 0 Å². The maximum absolute atomic E-state index is 12.8. The molecule has 0 bridgehead atoms. The van der Waals surface area contributed by atoms with E-state index >= 15 is 0 Å². The molecule has 0 unspecified atom stereocenters. The largest absolute Gasteiger partial charge is 0.433 e. The topological polar surface area (TPSA) is 50.2 Å². The van der Waals surface area contributed by atoms with Gasteiger partial charge in [-0.2, -0.15) is 18.3 Å². The Morgan fingerprint density at radius 2 is 2.20 bits per heavy atom. The van der Waals surface area contributed by atoms with Gasteiger partial charge in [-0.05, 0) is 19.9 Å². The van der Waals surface area contributed by atoms with Crippen molar-refractivity contribution in [2.45, 2.75) is 25.1 Å². The maximum Gasteiger partial charge on any atom is 0.433 e. The summed E-state index contributed by atoms with van der Waals surface area (Å²) in [6, 6.07) is 0.552. The van der Waals surface area contributed by atoms with Gasteiger partial charge in [0.25, 0.3) is 5.91 Å². The number of amides is 1. The summed E-state index contributed by atoms with van der Waals surface area (Å²) in [6.45, 7) is 0.941. The number of nitrogens with zero attached hydrogens (tertiary/aromatic N) is 3. The first-order chi connectivity index (χ1) is 9.30. The lowest BCUT2D eigenvalue weighted by atomic mass is 10.2. The van der Waals surface area contributed by atoms with E-state index in [1.54, 1.807) is 0 Å². The lowest BCUT2D eigenvalue weighted by Gasteiger charge is -2.16. The van der Waals surface area contributed by atoms with Crippen molar-refractivity contribution in [2.24, 2.45) is 7.05 Å². The van der Waals surface area contributed by atoms with Gasteiger partial charge < -0.3 is 10.2 Å².